The van der Waals surface area contributed by atoms with Gasteiger partial charge in [0.05, 0.1) is 0 Å². The number of ether oxygens (including phenoxy) is 1. The van der Waals surface area contributed by atoms with Gasteiger partial charge in [-0.15, -0.1) is 0 Å². The first-order chi connectivity index (χ1) is 14.2. The molecule has 0 spiro atoms. The second kappa shape index (κ2) is 10.4. The fraction of sp³-hybridized carbons (Fsp3) is 0.167. The summed E-state index contributed by atoms with van der Waals surface area (Å²) in [5.74, 6) is -1.89. The predicted octanol–water partition coefficient (Wildman–Crippen LogP) is 2.20. The summed E-state index contributed by atoms with van der Waals surface area (Å²) in [6.45, 7) is -0.0447. The first-order valence-corrected chi connectivity index (χ1v) is 10.3. The van der Waals surface area contributed by atoms with Crippen molar-refractivity contribution in [1.82, 2.24) is 5.32 Å². The van der Waals surface area contributed by atoms with Crippen LogP contribution >= 0.6 is 7.60 Å². The van der Waals surface area contributed by atoms with Crippen LogP contribution in [0.1, 0.15) is 17.2 Å². The highest BCUT2D eigenvalue weighted by Crippen LogP contribution is 2.46. The zero-order valence-corrected chi connectivity index (χ0v) is 16.5. The van der Waals surface area contributed by atoms with Gasteiger partial charge in [-0.3, -0.25) is 14.5 Å². The number of carbonyl (C=O) groups excluding carboxylic acids is 1. The molecule has 0 aliphatic carbocycles. The van der Waals surface area contributed by atoms with E-state index in [0.717, 1.165) is 5.56 Å². The number of hydrogen-bond donors (Lipinski definition) is 6. The van der Waals surface area contributed by atoms with E-state index in [1.54, 1.807) is 30.3 Å². The van der Waals surface area contributed by atoms with Gasteiger partial charge in [-0.1, -0.05) is 42.5 Å². The van der Waals surface area contributed by atoms with Crippen LogP contribution in [0.15, 0.2) is 54.6 Å². The molecule has 2 atom stereocenters. The standard InChI is InChI=1S/C18H21N4O7P/c19-17(20)22-14-8-4-7-13(9-14)15(16(23)24)29-30(26,27)11-21-18(25)28-10-12-5-2-1-3-6-12/h1-9,15H,10-11H2,(H,21,25)(H,23,24)(H,26,27)(H4,19,20,22). The molecule has 7 N–H and O–H groups in total. The molecule has 0 saturated carbocycles. The normalized spacial score (nSPS) is 13.5. The van der Waals surface area contributed by atoms with Crippen molar-refractivity contribution >= 4 is 31.3 Å². The number of carboxylic acids is 1. The van der Waals surface area contributed by atoms with E-state index in [0.29, 0.717) is 5.69 Å². The average molecular weight is 436 g/mol. The molecule has 30 heavy (non-hydrogen) atoms. The first-order valence-electron chi connectivity index (χ1n) is 8.55. The minimum Gasteiger partial charge on any atom is -0.479 e. The summed E-state index contributed by atoms with van der Waals surface area (Å²) < 4.78 is 22.1. The summed E-state index contributed by atoms with van der Waals surface area (Å²) in [5.41, 5.74) is 6.29. The van der Waals surface area contributed by atoms with Crippen LogP contribution < -0.4 is 16.4 Å². The smallest absolute Gasteiger partial charge is 0.408 e. The second-order valence-electron chi connectivity index (χ2n) is 6.02. The fourth-order valence-electron chi connectivity index (χ4n) is 2.32. The predicted molar refractivity (Wildman–Crippen MR) is 108 cm³/mol. The lowest BCUT2D eigenvalue weighted by Gasteiger charge is -2.19. The van der Waals surface area contributed by atoms with Gasteiger partial charge in [0, 0.05) is 5.69 Å². The molecule has 0 bridgehead atoms. The van der Waals surface area contributed by atoms with Gasteiger partial charge in [-0.2, -0.15) is 0 Å². The van der Waals surface area contributed by atoms with Crippen LogP contribution in [0.4, 0.5) is 10.5 Å². The van der Waals surface area contributed by atoms with Gasteiger partial charge >= 0.3 is 19.7 Å². The van der Waals surface area contributed by atoms with E-state index in [1.807, 2.05) is 0 Å². The number of aliphatic carboxylic acids is 1. The van der Waals surface area contributed by atoms with Crippen LogP contribution in [0.2, 0.25) is 0 Å². The number of carbonyl (C=O) groups is 2. The van der Waals surface area contributed by atoms with Gasteiger partial charge in [-0.25, -0.2) is 9.59 Å². The Labute approximate surface area is 171 Å². The van der Waals surface area contributed by atoms with Crippen molar-refractivity contribution in [3.63, 3.8) is 0 Å². The van der Waals surface area contributed by atoms with Crippen LogP contribution in [-0.2, 0) is 25.2 Å². The highest BCUT2D eigenvalue weighted by atomic mass is 31.2. The first kappa shape index (κ1) is 22.9. The Morgan fingerprint density at radius 3 is 2.50 bits per heavy atom. The summed E-state index contributed by atoms with van der Waals surface area (Å²) in [4.78, 5) is 33.2. The van der Waals surface area contributed by atoms with Crippen molar-refractivity contribution in [1.29, 1.82) is 5.41 Å². The molecule has 2 unspecified atom stereocenters. The molecule has 0 aliphatic heterocycles. The molecule has 2 aromatic rings. The minimum absolute atomic E-state index is 0.0367. The Morgan fingerprint density at radius 1 is 1.17 bits per heavy atom. The largest absolute Gasteiger partial charge is 0.479 e. The molecule has 2 aromatic carbocycles. The number of rotatable bonds is 9. The minimum atomic E-state index is -4.54. The van der Waals surface area contributed by atoms with E-state index < -0.39 is 32.0 Å². The monoisotopic (exact) mass is 436 g/mol. The van der Waals surface area contributed by atoms with Crippen molar-refractivity contribution in [2.75, 3.05) is 11.6 Å². The van der Waals surface area contributed by atoms with Gasteiger partial charge in [0.25, 0.3) is 0 Å². The fourth-order valence-corrected chi connectivity index (χ4v) is 3.27. The van der Waals surface area contributed by atoms with E-state index >= 15 is 0 Å². The van der Waals surface area contributed by atoms with Gasteiger partial charge in [0.15, 0.2) is 12.1 Å². The van der Waals surface area contributed by atoms with E-state index in [4.69, 9.17) is 20.4 Å². The third kappa shape index (κ3) is 7.55. The third-order valence-electron chi connectivity index (χ3n) is 3.60. The molecule has 11 nitrogen and oxygen atoms in total. The van der Waals surface area contributed by atoms with Crippen LogP contribution in [0, 0.1) is 5.41 Å². The molecule has 0 aromatic heterocycles. The maximum atomic E-state index is 12.3. The van der Waals surface area contributed by atoms with Crippen molar-refractivity contribution < 1.29 is 33.4 Å². The van der Waals surface area contributed by atoms with Gasteiger partial charge in [-0.05, 0) is 23.3 Å². The Morgan fingerprint density at radius 2 is 1.87 bits per heavy atom. The zero-order valence-electron chi connectivity index (χ0n) is 15.6. The zero-order chi connectivity index (χ0) is 22.1. The third-order valence-corrected chi connectivity index (χ3v) is 4.70. The lowest BCUT2D eigenvalue weighted by molar-refractivity contribution is -0.145. The number of benzene rings is 2. The number of guanidine groups is 1. The summed E-state index contributed by atoms with van der Waals surface area (Å²) in [5, 5.41) is 21.2. The van der Waals surface area contributed by atoms with Gasteiger partial charge < -0.3 is 31.1 Å². The Kier molecular flexibility index (Phi) is 7.93. The van der Waals surface area contributed by atoms with E-state index in [2.05, 4.69) is 10.6 Å². The Hall–Kier alpha value is -3.40. The van der Waals surface area contributed by atoms with Crippen molar-refractivity contribution in [2.24, 2.45) is 5.73 Å². The summed E-state index contributed by atoms with van der Waals surface area (Å²) in [7, 11) is -4.54. The lowest BCUT2D eigenvalue weighted by Crippen LogP contribution is -2.26. The second-order valence-corrected chi connectivity index (χ2v) is 7.82. The molecule has 0 fully saturated rings. The summed E-state index contributed by atoms with van der Waals surface area (Å²) >= 11 is 0. The van der Waals surface area contributed by atoms with Crippen molar-refractivity contribution in [3.05, 3.63) is 65.7 Å². The molecule has 1 amide bonds. The Bertz CT molecular complexity index is 955. The number of nitrogens with one attached hydrogen (secondary N) is 3. The molecule has 0 aliphatic rings. The topological polar surface area (TPSA) is 184 Å². The highest BCUT2D eigenvalue weighted by Gasteiger charge is 2.31. The Balaban J connectivity index is 1.97. The quantitative estimate of drug-likeness (QED) is 0.195. The molecule has 2 rings (SSSR count). The number of amides is 1. The number of carboxylic acid groups (broad SMARTS) is 1. The molecule has 0 radical (unpaired) electrons. The molecule has 0 heterocycles. The van der Waals surface area contributed by atoms with Gasteiger partial charge in [0.1, 0.15) is 12.9 Å². The maximum absolute atomic E-state index is 12.3. The lowest BCUT2D eigenvalue weighted by atomic mass is 10.1. The molecule has 160 valence electrons. The number of alkyl carbamates (subject to hydrolysis) is 1. The number of hydrogen-bond acceptors (Lipinski definition) is 6. The molecular weight excluding hydrogens is 415 g/mol. The van der Waals surface area contributed by atoms with Crippen LogP contribution in [0.3, 0.4) is 0 Å². The highest BCUT2D eigenvalue weighted by molar-refractivity contribution is 7.52. The number of anilines is 1. The summed E-state index contributed by atoms with van der Waals surface area (Å²) in [6, 6.07) is 14.5. The molecule has 0 saturated heterocycles. The van der Waals surface area contributed by atoms with Crippen LogP contribution in [-0.4, -0.2) is 34.3 Å². The average Bonchev–Trinajstić information content (AvgIpc) is 2.69. The van der Waals surface area contributed by atoms with E-state index in [9.17, 15) is 24.2 Å². The molecule has 12 heteroatoms. The van der Waals surface area contributed by atoms with Crippen LogP contribution in [0.5, 0.6) is 0 Å². The van der Waals surface area contributed by atoms with Gasteiger partial charge in [0.2, 0.25) is 0 Å². The van der Waals surface area contributed by atoms with E-state index in [1.165, 1.54) is 24.3 Å². The van der Waals surface area contributed by atoms with E-state index in [-0.39, 0.29) is 18.1 Å². The summed E-state index contributed by atoms with van der Waals surface area (Å²) in [6.07, 6.45) is -3.61. The molecular formula is C18H21N4O7P. The number of nitrogens with two attached hydrogens (primary N) is 1. The maximum Gasteiger partial charge on any atom is 0.408 e. The van der Waals surface area contributed by atoms with Crippen molar-refractivity contribution in [3.8, 4) is 0 Å². The SMILES string of the molecule is N=C(N)Nc1cccc(C(OP(=O)(O)CNC(=O)OCc2ccccc2)C(=O)O)c1. The van der Waals surface area contributed by atoms with Crippen molar-refractivity contribution in [2.45, 2.75) is 12.7 Å². The van der Waals surface area contributed by atoms with Crippen LogP contribution in [0.25, 0.3) is 0 Å².